The summed E-state index contributed by atoms with van der Waals surface area (Å²) in [6.45, 7) is -0.242. The highest BCUT2D eigenvalue weighted by Crippen LogP contribution is 2.29. The summed E-state index contributed by atoms with van der Waals surface area (Å²) in [5.74, 6) is 1.40. The summed E-state index contributed by atoms with van der Waals surface area (Å²) in [5.41, 5.74) is 1.11. The molecule has 0 fully saturated rings. The SMILES string of the molecule is COc1ccc(Nc2nc(NCCO)nc(Nc3ccc(C=Cc4ccc(Nc5nc(NCCO)nc(Nc6ccc(OC)cc6)n5)cc4S(=O)(=O)[O-])c(S(=O)(=O)[O-])c3)n2)cc1. The summed E-state index contributed by atoms with van der Waals surface area (Å²) in [6.07, 6.45) is 2.34. The number of rotatable bonds is 20. The molecule has 62 heavy (non-hydrogen) atoms. The maximum Gasteiger partial charge on any atom is 0.233 e. The zero-order chi connectivity index (χ0) is 44.3. The van der Waals surface area contributed by atoms with Crippen LogP contribution >= 0.6 is 0 Å². The van der Waals surface area contributed by atoms with Crippen molar-refractivity contribution in [3.05, 3.63) is 96.1 Å². The van der Waals surface area contributed by atoms with Gasteiger partial charge in [-0.05, 0) is 83.9 Å². The Kier molecular flexibility index (Phi) is 14.2. The van der Waals surface area contributed by atoms with E-state index in [0.29, 0.717) is 22.9 Å². The zero-order valence-electron chi connectivity index (χ0n) is 32.7. The molecule has 4 aromatic carbocycles. The van der Waals surface area contributed by atoms with Crippen LogP contribution in [0.2, 0.25) is 0 Å². The van der Waals surface area contributed by atoms with Gasteiger partial charge in [0.05, 0.1) is 37.2 Å². The lowest BCUT2D eigenvalue weighted by molar-refractivity contribution is 0.310. The third-order valence-electron chi connectivity index (χ3n) is 8.27. The quantitative estimate of drug-likeness (QED) is 0.0399. The molecule has 6 rings (SSSR count). The van der Waals surface area contributed by atoms with Crippen LogP contribution < -0.4 is 41.4 Å². The summed E-state index contributed by atoms with van der Waals surface area (Å²) in [7, 11) is -7.22. The number of methoxy groups -OCH3 is 2. The van der Waals surface area contributed by atoms with E-state index in [2.05, 4.69) is 61.8 Å². The molecule has 0 amide bonds. The zero-order valence-corrected chi connectivity index (χ0v) is 34.4. The Morgan fingerprint density at radius 1 is 0.500 bits per heavy atom. The number of hydrogen-bond donors (Lipinski definition) is 8. The van der Waals surface area contributed by atoms with Crippen molar-refractivity contribution in [1.82, 2.24) is 29.9 Å². The van der Waals surface area contributed by atoms with Gasteiger partial charge in [0, 0.05) is 35.8 Å². The van der Waals surface area contributed by atoms with Crippen LogP contribution in [0.25, 0.3) is 12.2 Å². The molecule has 0 aliphatic heterocycles. The molecule has 6 aromatic rings. The highest BCUT2D eigenvalue weighted by molar-refractivity contribution is 7.86. The summed E-state index contributed by atoms with van der Waals surface area (Å²) in [6, 6.07) is 21.3. The Labute approximate surface area is 355 Å². The van der Waals surface area contributed by atoms with Crippen molar-refractivity contribution < 1.29 is 45.6 Å². The van der Waals surface area contributed by atoms with Crippen LogP contribution in [-0.4, -0.2) is 107 Å². The molecule has 8 N–H and O–H groups in total. The number of aliphatic hydroxyl groups excluding tert-OH is 2. The molecule has 0 aliphatic rings. The predicted molar refractivity (Wildman–Crippen MR) is 228 cm³/mol. The van der Waals surface area contributed by atoms with Gasteiger partial charge in [-0.25, -0.2) is 16.8 Å². The molecule has 0 saturated carbocycles. The van der Waals surface area contributed by atoms with Gasteiger partial charge in [-0.2, -0.15) is 29.9 Å². The average molecular weight is 887 g/mol. The standard InChI is InChI=1S/C38H40N12O10S2/c1-59-29-13-9-25(10-14-29)41-35-45-33(39-17-19-51)47-37(49-35)43-27-7-5-23(31(21-27)61(53,54)55)3-4-24-6-8-28(22-32(24)62(56,57)58)44-38-48-34(40-18-20-52)46-36(50-38)42-26-11-15-30(60-2)16-12-26/h3-16,21-22,51-52H,17-20H2,1-2H3,(H,53,54,55)(H,56,57,58)(H3,39,41,43,45,47,49)(H3,40,42,44,46,48,50)/p-2. The Hall–Kier alpha value is -7.22. The third-order valence-corrected chi connectivity index (χ3v) is 10.1. The maximum absolute atomic E-state index is 12.5. The molecule has 0 bridgehead atoms. The maximum atomic E-state index is 12.5. The average Bonchev–Trinajstić information content (AvgIpc) is 3.24. The van der Waals surface area contributed by atoms with E-state index >= 15 is 0 Å². The number of aromatic nitrogens is 6. The van der Waals surface area contributed by atoms with Crippen molar-refractivity contribution in [3.8, 4) is 11.5 Å². The Balaban J connectivity index is 1.26. The van der Waals surface area contributed by atoms with Crippen molar-refractivity contribution in [2.45, 2.75) is 9.79 Å². The van der Waals surface area contributed by atoms with E-state index < -0.39 is 30.0 Å². The molecule has 22 nitrogen and oxygen atoms in total. The Bertz CT molecular complexity index is 2580. The van der Waals surface area contributed by atoms with Gasteiger partial charge >= 0.3 is 0 Å². The third kappa shape index (κ3) is 12.2. The lowest BCUT2D eigenvalue weighted by Crippen LogP contribution is -2.12. The molecule has 0 aliphatic carbocycles. The van der Waals surface area contributed by atoms with Crippen molar-refractivity contribution in [3.63, 3.8) is 0 Å². The van der Waals surface area contributed by atoms with Gasteiger partial charge in [0.2, 0.25) is 35.7 Å². The van der Waals surface area contributed by atoms with Gasteiger partial charge in [-0.3, -0.25) is 0 Å². The largest absolute Gasteiger partial charge is 0.744 e. The van der Waals surface area contributed by atoms with Crippen LogP contribution in [0.1, 0.15) is 11.1 Å². The van der Waals surface area contributed by atoms with Gasteiger partial charge in [0.15, 0.2) is 0 Å². The van der Waals surface area contributed by atoms with Gasteiger partial charge in [0.1, 0.15) is 31.7 Å². The minimum absolute atomic E-state index is 0.0625. The van der Waals surface area contributed by atoms with E-state index in [1.165, 1.54) is 50.6 Å². The number of nitrogens with one attached hydrogen (secondary N) is 6. The topological polar surface area (TPSA) is 323 Å². The van der Waals surface area contributed by atoms with E-state index in [4.69, 9.17) is 9.47 Å². The number of benzene rings is 4. The Morgan fingerprint density at radius 2 is 0.806 bits per heavy atom. The normalized spacial score (nSPS) is 11.5. The van der Waals surface area contributed by atoms with Crippen LogP contribution in [0.4, 0.5) is 58.4 Å². The monoisotopic (exact) mass is 886 g/mol. The van der Waals surface area contributed by atoms with E-state index in [1.807, 2.05) is 0 Å². The summed E-state index contributed by atoms with van der Waals surface area (Å²) >= 11 is 0. The van der Waals surface area contributed by atoms with Crippen LogP contribution in [0.3, 0.4) is 0 Å². The Morgan fingerprint density at radius 3 is 1.11 bits per heavy atom. The molecular formula is C38H38N12O10S2-2. The summed E-state index contributed by atoms with van der Waals surface area (Å²) < 4.78 is 85.5. The second-order valence-corrected chi connectivity index (χ2v) is 15.3. The van der Waals surface area contributed by atoms with Gasteiger partial charge in [-0.15, -0.1) is 0 Å². The molecule has 2 aromatic heterocycles. The number of anilines is 10. The van der Waals surface area contributed by atoms with E-state index in [-0.39, 0.29) is 84.5 Å². The second-order valence-electron chi connectivity index (χ2n) is 12.6. The summed E-state index contributed by atoms with van der Waals surface area (Å²) in [5, 5.41) is 36.0. The molecule has 0 atom stereocenters. The van der Waals surface area contributed by atoms with Crippen LogP contribution in [0.15, 0.2) is 94.7 Å². The summed E-state index contributed by atoms with van der Waals surface area (Å²) in [4.78, 5) is 24.4. The molecule has 0 radical (unpaired) electrons. The highest BCUT2D eigenvalue weighted by atomic mass is 32.2. The van der Waals surface area contributed by atoms with E-state index in [0.717, 1.165) is 12.1 Å². The van der Waals surface area contributed by atoms with Crippen molar-refractivity contribution in [2.24, 2.45) is 0 Å². The molecule has 0 saturated heterocycles. The first-order valence-corrected chi connectivity index (χ1v) is 21.0. The van der Waals surface area contributed by atoms with Crippen molar-refractivity contribution in [2.75, 3.05) is 72.4 Å². The number of hydrogen-bond acceptors (Lipinski definition) is 22. The van der Waals surface area contributed by atoms with Crippen LogP contribution in [0.5, 0.6) is 11.5 Å². The molecule has 2 heterocycles. The second kappa shape index (κ2) is 19.9. The van der Waals surface area contributed by atoms with Crippen molar-refractivity contribution in [1.29, 1.82) is 0 Å². The van der Waals surface area contributed by atoms with Crippen LogP contribution in [0, 0.1) is 0 Å². The number of ether oxygens (including phenoxy) is 2. The predicted octanol–water partition coefficient (Wildman–Crippen LogP) is 3.84. The first-order valence-electron chi connectivity index (χ1n) is 18.2. The molecule has 24 heteroatoms. The molecule has 0 unspecified atom stereocenters. The fraction of sp³-hybridized carbons (Fsp3) is 0.158. The minimum Gasteiger partial charge on any atom is -0.744 e. The molecule has 324 valence electrons. The first-order chi connectivity index (χ1) is 29.7. The lowest BCUT2D eigenvalue weighted by Gasteiger charge is -2.16. The van der Waals surface area contributed by atoms with Crippen molar-refractivity contribution >= 4 is 90.8 Å². The fourth-order valence-corrected chi connectivity index (χ4v) is 6.84. The first kappa shape index (κ1) is 44.3. The highest BCUT2D eigenvalue weighted by Gasteiger charge is 2.15. The fourth-order valence-electron chi connectivity index (χ4n) is 5.45. The van der Waals surface area contributed by atoms with E-state index in [1.54, 1.807) is 48.5 Å². The molecular weight excluding hydrogens is 849 g/mol. The number of aliphatic hydroxyl groups is 2. The smallest absolute Gasteiger partial charge is 0.233 e. The lowest BCUT2D eigenvalue weighted by atomic mass is 10.1. The molecule has 0 spiro atoms. The minimum atomic E-state index is -5.14. The van der Waals surface area contributed by atoms with Gasteiger partial charge in [-0.1, -0.05) is 24.3 Å². The van der Waals surface area contributed by atoms with E-state index in [9.17, 15) is 36.2 Å². The van der Waals surface area contributed by atoms with Gasteiger partial charge in [0.25, 0.3) is 0 Å². The van der Waals surface area contributed by atoms with Crippen LogP contribution in [-0.2, 0) is 20.2 Å². The number of nitrogens with zero attached hydrogens (tertiary/aromatic N) is 6. The van der Waals surface area contributed by atoms with Gasteiger partial charge < -0.3 is 60.7 Å².